The minimum absolute atomic E-state index is 0.00933. The second-order valence-corrected chi connectivity index (χ2v) is 7.15. The molecule has 0 spiro atoms. The van der Waals surface area contributed by atoms with Gasteiger partial charge in [-0.1, -0.05) is 12.8 Å². The zero-order valence-electron chi connectivity index (χ0n) is 11.8. The third kappa shape index (κ3) is 4.34. The van der Waals surface area contributed by atoms with Crippen molar-refractivity contribution in [3.05, 3.63) is 0 Å². The van der Waals surface area contributed by atoms with E-state index >= 15 is 0 Å². The Kier molecular flexibility index (Phi) is 4.51. The van der Waals surface area contributed by atoms with Gasteiger partial charge in [0.15, 0.2) is 0 Å². The van der Waals surface area contributed by atoms with Gasteiger partial charge in [0.1, 0.15) is 5.54 Å². The van der Waals surface area contributed by atoms with E-state index < -0.39 is 5.54 Å². The molecule has 0 aromatic rings. The topological polar surface area (TPSA) is 32.3 Å². The maximum atomic E-state index is 12.2. The molecule has 0 aliphatic carbocycles. The summed E-state index contributed by atoms with van der Waals surface area (Å²) in [5.74, 6) is -0.00933. The van der Waals surface area contributed by atoms with Gasteiger partial charge in [0, 0.05) is 11.1 Å². The summed E-state index contributed by atoms with van der Waals surface area (Å²) < 4.78 is 1.79. The predicted octanol–water partition coefficient (Wildman–Crippen LogP) is 2.63. The predicted molar refractivity (Wildman–Crippen MR) is 72.6 cm³/mol. The van der Waals surface area contributed by atoms with E-state index in [9.17, 15) is 4.79 Å². The molecule has 0 aromatic carbocycles. The largest absolute Gasteiger partial charge is 0.350 e. The molecule has 0 saturated carbocycles. The Bertz CT molecular complexity index is 261. The van der Waals surface area contributed by atoms with Gasteiger partial charge in [-0.05, 0) is 55.4 Å². The van der Waals surface area contributed by atoms with Crippen LogP contribution in [0, 0.1) is 0 Å². The lowest BCUT2D eigenvalue weighted by molar-refractivity contribution is -0.132. The highest BCUT2D eigenvalue weighted by molar-refractivity contribution is 7.77. The molecule has 0 unspecified atom stereocenters. The molecule has 0 aliphatic heterocycles. The molecule has 4 heteroatoms. The van der Waals surface area contributed by atoms with Gasteiger partial charge >= 0.3 is 0 Å². The first-order valence-electron chi connectivity index (χ1n) is 5.60. The average molecular weight is 246 g/mol. The fourth-order valence-electron chi connectivity index (χ4n) is 1.43. The van der Waals surface area contributed by atoms with Gasteiger partial charge in [0.2, 0.25) is 5.91 Å². The first-order chi connectivity index (χ1) is 6.78. The van der Waals surface area contributed by atoms with Crippen LogP contribution in [-0.2, 0) is 4.79 Å². The molecule has 0 bridgehead atoms. The van der Waals surface area contributed by atoms with Crippen LogP contribution in [0.3, 0.4) is 0 Å². The van der Waals surface area contributed by atoms with Crippen molar-refractivity contribution in [1.29, 1.82) is 0 Å². The molecule has 1 N–H and O–H groups in total. The summed E-state index contributed by atoms with van der Waals surface area (Å²) >= 11 is 4.45. The lowest BCUT2D eigenvalue weighted by Crippen LogP contribution is -2.59. The van der Waals surface area contributed by atoms with Gasteiger partial charge < -0.3 is 5.32 Å². The van der Waals surface area contributed by atoms with Crippen LogP contribution in [-0.4, -0.2) is 26.8 Å². The van der Waals surface area contributed by atoms with Gasteiger partial charge in [-0.25, -0.2) is 4.31 Å². The Morgan fingerprint density at radius 1 is 1.00 bits per heavy atom. The smallest absolute Gasteiger partial charge is 0.241 e. The highest BCUT2D eigenvalue weighted by Gasteiger charge is 2.40. The summed E-state index contributed by atoms with van der Waals surface area (Å²) in [6.07, 6.45) is 0. The van der Waals surface area contributed by atoms with Crippen LogP contribution in [0.4, 0.5) is 0 Å². The second-order valence-electron chi connectivity index (χ2n) is 6.75. The summed E-state index contributed by atoms with van der Waals surface area (Å²) in [5.41, 5.74) is -1.03. The van der Waals surface area contributed by atoms with Gasteiger partial charge in [-0.2, -0.15) is 0 Å². The summed E-state index contributed by atoms with van der Waals surface area (Å²) in [7, 11) is 0. The summed E-state index contributed by atoms with van der Waals surface area (Å²) in [6, 6.07) is 0. The van der Waals surface area contributed by atoms with E-state index in [2.05, 4.69) is 18.1 Å². The monoisotopic (exact) mass is 246 g/mol. The number of nitrogens with one attached hydrogen (secondary N) is 1. The number of rotatable bonds is 2. The van der Waals surface area contributed by atoms with Crippen molar-refractivity contribution in [2.75, 3.05) is 0 Å². The van der Waals surface area contributed by atoms with Crippen LogP contribution < -0.4 is 5.32 Å². The van der Waals surface area contributed by atoms with Crippen LogP contribution in [0.5, 0.6) is 0 Å². The van der Waals surface area contributed by atoms with Crippen LogP contribution in [0.1, 0.15) is 55.4 Å². The van der Waals surface area contributed by atoms with Crippen LogP contribution in [0.15, 0.2) is 0 Å². The zero-order chi connectivity index (χ0) is 13.4. The SMILES string of the molecule is CC(C)(C)NC(=O)C(C)(C)N(S)C(C)(C)C. The van der Waals surface area contributed by atoms with Crippen molar-refractivity contribution < 1.29 is 4.79 Å². The fraction of sp³-hybridized carbons (Fsp3) is 0.917. The van der Waals surface area contributed by atoms with Gasteiger partial charge in [0.05, 0.1) is 0 Å². The zero-order valence-corrected chi connectivity index (χ0v) is 12.7. The van der Waals surface area contributed by atoms with Gasteiger partial charge in [-0.15, -0.1) is 0 Å². The van der Waals surface area contributed by atoms with Crippen molar-refractivity contribution in [3.63, 3.8) is 0 Å². The maximum Gasteiger partial charge on any atom is 0.241 e. The minimum atomic E-state index is -0.644. The molecule has 0 saturated heterocycles. The van der Waals surface area contributed by atoms with E-state index in [0.717, 1.165) is 0 Å². The molecule has 3 nitrogen and oxygen atoms in total. The highest BCUT2D eigenvalue weighted by Crippen LogP contribution is 2.27. The lowest BCUT2D eigenvalue weighted by Gasteiger charge is -2.43. The van der Waals surface area contributed by atoms with E-state index in [4.69, 9.17) is 0 Å². The summed E-state index contributed by atoms with van der Waals surface area (Å²) in [5, 5.41) is 2.98. The number of amides is 1. The quantitative estimate of drug-likeness (QED) is 0.734. The second kappa shape index (κ2) is 4.57. The molecule has 0 radical (unpaired) electrons. The maximum absolute atomic E-state index is 12.2. The third-order valence-corrected chi connectivity index (χ3v) is 3.31. The summed E-state index contributed by atoms with van der Waals surface area (Å²) in [4.78, 5) is 12.2. The molecule has 96 valence electrons. The van der Waals surface area contributed by atoms with Crippen LogP contribution in [0.25, 0.3) is 0 Å². The van der Waals surface area contributed by atoms with E-state index in [1.54, 1.807) is 4.31 Å². The van der Waals surface area contributed by atoms with Crippen LogP contribution in [0.2, 0.25) is 0 Å². The fourth-order valence-corrected chi connectivity index (χ4v) is 1.52. The lowest BCUT2D eigenvalue weighted by atomic mass is 9.96. The molecular weight excluding hydrogens is 220 g/mol. The van der Waals surface area contributed by atoms with Crippen molar-refractivity contribution in [2.24, 2.45) is 0 Å². The number of thiol groups is 1. The number of carbonyl (C=O) groups excluding carboxylic acids is 1. The van der Waals surface area contributed by atoms with Crippen molar-refractivity contribution in [1.82, 2.24) is 9.62 Å². The molecule has 0 heterocycles. The van der Waals surface area contributed by atoms with E-state index in [-0.39, 0.29) is 17.0 Å². The summed E-state index contributed by atoms with van der Waals surface area (Å²) in [6.45, 7) is 15.8. The Morgan fingerprint density at radius 3 is 1.62 bits per heavy atom. The normalized spacial score (nSPS) is 14.1. The first-order valence-corrected chi connectivity index (χ1v) is 6.00. The van der Waals surface area contributed by atoms with Crippen molar-refractivity contribution in [2.45, 2.75) is 72.0 Å². The van der Waals surface area contributed by atoms with E-state index in [1.165, 1.54) is 0 Å². The Balaban J connectivity index is 4.86. The highest BCUT2D eigenvalue weighted by atomic mass is 32.1. The Hall–Kier alpha value is -0.220. The molecule has 0 aromatic heterocycles. The van der Waals surface area contributed by atoms with Crippen molar-refractivity contribution in [3.8, 4) is 0 Å². The standard InChI is InChI=1S/C12H26N2OS/c1-10(2,3)13-9(15)12(7,8)14(16)11(4,5)6/h16H,1-8H3,(H,13,15). The molecule has 0 fully saturated rings. The number of nitrogens with zero attached hydrogens (tertiary/aromatic N) is 1. The molecule has 16 heavy (non-hydrogen) atoms. The molecule has 0 rings (SSSR count). The van der Waals surface area contributed by atoms with E-state index in [0.29, 0.717) is 0 Å². The van der Waals surface area contributed by atoms with Gasteiger partial charge in [-0.3, -0.25) is 4.79 Å². The minimum Gasteiger partial charge on any atom is -0.350 e. The molecule has 1 amide bonds. The van der Waals surface area contributed by atoms with Crippen molar-refractivity contribution >= 4 is 18.7 Å². The van der Waals surface area contributed by atoms with E-state index in [1.807, 2.05) is 55.4 Å². The first kappa shape index (κ1) is 15.8. The Morgan fingerprint density at radius 2 is 1.38 bits per heavy atom. The molecule has 0 atom stereocenters. The van der Waals surface area contributed by atoms with Crippen LogP contribution >= 0.6 is 12.8 Å². The average Bonchev–Trinajstić information content (AvgIpc) is 1.97. The number of carbonyl (C=O) groups is 1. The molecule has 0 aliphatic rings. The number of hydrogen-bond acceptors (Lipinski definition) is 3. The van der Waals surface area contributed by atoms with Gasteiger partial charge in [0.25, 0.3) is 0 Å². The Labute approximate surface area is 106 Å². The third-order valence-electron chi connectivity index (χ3n) is 2.21. The molecular formula is C12H26N2OS. The number of hydrogen-bond donors (Lipinski definition) is 2.